The van der Waals surface area contributed by atoms with Crippen molar-refractivity contribution in [1.82, 2.24) is 10.0 Å². The van der Waals surface area contributed by atoms with E-state index >= 15 is 0 Å². The highest BCUT2D eigenvalue weighted by Gasteiger charge is 2.23. The van der Waals surface area contributed by atoms with Gasteiger partial charge in [0.15, 0.2) is 0 Å². The van der Waals surface area contributed by atoms with E-state index in [2.05, 4.69) is 5.32 Å². The Morgan fingerprint density at radius 2 is 1.81 bits per heavy atom. The number of nitrogens with two attached hydrogens (primary N) is 1. The third kappa shape index (κ3) is 4.63. The van der Waals surface area contributed by atoms with Crippen molar-refractivity contribution >= 4 is 27.7 Å². The molecule has 1 aromatic rings. The molecule has 0 aromatic heterocycles. The summed E-state index contributed by atoms with van der Waals surface area (Å²) in [6.07, 6.45) is 0. The topological polar surface area (TPSA) is 139 Å². The first-order valence-corrected chi connectivity index (χ1v) is 7.38. The summed E-state index contributed by atoms with van der Waals surface area (Å²) in [6.45, 7) is 5.07. The van der Waals surface area contributed by atoms with Gasteiger partial charge in [-0.25, -0.2) is 22.7 Å². The van der Waals surface area contributed by atoms with Crippen LogP contribution in [-0.4, -0.2) is 31.1 Å². The van der Waals surface area contributed by atoms with Crippen LogP contribution in [0.25, 0.3) is 0 Å². The first-order chi connectivity index (χ1) is 9.42. The fourth-order valence-corrected chi connectivity index (χ4v) is 2.49. The number of benzene rings is 1. The summed E-state index contributed by atoms with van der Waals surface area (Å²) in [5.74, 6) is -1.23. The number of carbonyl (C=O) groups is 2. The number of carboxylic acids is 1. The molecule has 0 heterocycles. The van der Waals surface area contributed by atoms with Gasteiger partial charge in [0.1, 0.15) is 4.90 Å². The van der Waals surface area contributed by atoms with Crippen molar-refractivity contribution in [3.8, 4) is 0 Å². The first kappa shape index (κ1) is 16.8. The summed E-state index contributed by atoms with van der Waals surface area (Å²) in [6, 6.07) is 2.24. The van der Waals surface area contributed by atoms with Crippen molar-refractivity contribution in [1.29, 1.82) is 0 Å². The van der Waals surface area contributed by atoms with Gasteiger partial charge in [-0.2, -0.15) is 0 Å². The van der Waals surface area contributed by atoms with Crippen LogP contribution in [0.5, 0.6) is 0 Å². The number of hydrogen-bond acceptors (Lipinski definition) is 5. The van der Waals surface area contributed by atoms with E-state index in [-0.39, 0.29) is 16.1 Å². The number of rotatable bonds is 3. The second-order valence-electron chi connectivity index (χ2n) is 5.37. The van der Waals surface area contributed by atoms with E-state index < -0.39 is 27.6 Å². The third-order valence-corrected chi connectivity index (χ3v) is 3.67. The number of aromatic carboxylic acids is 1. The number of carbonyl (C=O) groups excluding carboxylic acids is 1. The van der Waals surface area contributed by atoms with E-state index in [9.17, 15) is 18.0 Å². The standard InChI is InChI=1S/C12H17N3O5S/c1-12(2,3)14-11(18)15-21(19,20)9-5-4-7(10(16)17)6-8(9)13/h4-6H,13H2,1-3H3,(H,16,17)(H2,14,15,18). The van der Waals surface area contributed by atoms with Gasteiger partial charge < -0.3 is 16.2 Å². The van der Waals surface area contributed by atoms with Gasteiger partial charge in [0.25, 0.3) is 10.0 Å². The van der Waals surface area contributed by atoms with E-state index in [1.165, 1.54) is 0 Å². The van der Waals surface area contributed by atoms with Crippen LogP contribution in [0.2, 0.25) is 0 Å². The van der Waals surface area contributed by atoms with Crippen LogP contribution >= 0.6 is 0 Å². The van der Waals surface area contributed by atoms with Crippen LogP contribution in [0.1, 0.15) is 31.1 Å². The normalized spacial score (nSPS) is 11.8. The van der Waals surface area contributed by atoms with Crippen molar-refractivity contribution in [2.24, 2.45) is 0 Å². The number of nitrogens with one attached hydrogen (secondary N) is 2. The molecule has 9 heteroatoms. The lowest BCUT2D eigenvalue weighted by molar-refractivity contribution is 0.0696. The highest BCUT2D eigenvalue weighted by atomic mass is 32.2. The molecule has 0 bridgehead atoms. The molecule has 0 fully saturated rings. The summed E-state index contributed by atoms with van der Waals surface area (Å²) >= 11 is 0. The Balaban J connectivity index is 3.04. The molecule has 0 unspecified atom stereocenters. The molecule has 0 saturated carbocycles. The largest absolute Gasteiger partial charge is 0.478 e. The summed E-state index contributed by atoms with van der Waals surface area (Å²) in [7, 11) is -4.18. The average molecular weight is 315 g/mol. The second kappa shape index (κ2) is 5.60. The summed E-state index contributed by atoms with van der Waals surface area (Å²) in [5, 5.41) is 11.2. The lowest BCUT2D eigenvalue weighted by atomic mass is 10.1. The van der Waals surface area contributed by atoms with Crippen LogP contribution in [0.15, 0.2) is 23.1 Å². The number of anilines is 1. The van der Waals surface area contributed by atoms with Crippen LogP contribution in [0.3, 0.4) is 0 Å². The van der Waals surface area contributed by atoms with Gasteiger partial charge in [-0.15, -0.1) is 0 Å². The number of amides is 2. The molecule has 116 valence electrons. The molecule has 0 aliphatic rings. The van der Waals surface area contributed by atoms with E-state index in [1.54, 1.807) is 20.8 Å². The molecule has 1 rings (SSSR count). The number of hydrogen-bond donors (Lipinski definition) is 4. The van der Waals surface area contributed by atoms with Gasteiger partial charge in [0.05, 0.1) is 11.3 Å². The monoisotopic (exact) mass is 315 g/mol. The lowest BCUT2D eigenvalue weighted by Gasteiger charge is -2.20. The van der Waals surface area contributed by atoms with Crippen LogP contribution < -0.4 is 15.8 Å². The van der Waals surface area contributed by atoms with Crippen molar-refractivity contribution in [2.75, 3.05) is 5.73 Å². The molecule has 0 aliphatic heterocycles. The van der Waals surface area contributed by atoms with Gasteiger partial charge in [-0.05, 0) is 39.0 Å². The Kier molecular flexibility index (Phi) is 4.47. The maximum Gasteiger partial charge on any atom is 0.335 e. The number of nitrogen functional groups attached to an aromatic ring is 1. The second-order valence-corrected chi connectivity index (χ2v) is 7.02. The molecule has 0 saturated heterocycles. The Morgan fingerprint density at radius 1 is 1.24 bits per heavy atom. The maximum atomic E-state index is 12.0. The zero-order chi connectivity index (χ0) is 16.4. The van der Waals surface area contributed by atoms with Crippen molar-refractivity contribution in [2.45, 2.75) is 31.2 Å². The summed E-state index contributed by atoms with van der Waals surface area (Å²) in [5.41, 5.74) is 4.52. The minimum absolute atomic E-state index is 0.148. The molecule has 5 N–H and O–H groups in total. The molecule has 1 aromatic carbocycles. The fraction of sp³-hybridized carbons (Fsp3) is 0.333. The number of carboxylic acid groups (broad SMARTS) is 1. The quantitative estimate of drug-likeness (QED) is 0.607. The molecule has 0 aliphatic carbocycles. The fourth-order valence-electron chi connectivity index (χ4n) is 1.47. The molecule has 0 atom stereocenters. The van der Waals surface area contributed by atoms with Gasteiger partial charge >= 0.3 is 12.0 Å². The van der Waals surface area contributed by atoms with E-state index in [0.29, 0.717) is 0 Å². The van der Waals surface area contributed by atoms with Crippen LogP contribution in [0, 0.1) is 0 Å². The molecular weight excluding hydrogens is 298 g/mol. The van der Waals surface area contributed by atoms with Crippen molar-refractivity contribution in [3.05, 3.63) is 23.8 Å². The Labute approximate surface area is 122 Å². The van der Waals surface area contributed by atoms with Gasteiger partial charge in [-0.3, -0.25) is 0 Å². The predicted octanol–water partition coefficient (Wildman–Crippen LogP) is 0.753. The molecule has 21 heavy (non-hydrogen) atoms. The minimum Gasteiger partial charge on any atom is -0.478 e. The lowest BCUT2D eigenvalue weighted by Crippen LogP contribution is -2.48. The molecule has 2 amide bonds. The van der Waals surface area contributed by atoms with Gasteiger partial charge in [0.2, 0.25) is 0 Å². The third-order valence-electron chi connectivity index (χ3n) is 2.26. The molecular formula is C12H17N3O5S. The van der Waals surface area contributed by atoms with E-state index in [0.717, 1.165) is 18.2 Å². The number of urea groups is 1. The number of sulfonamides is 1. The van der Waals surface area contributed by atoms with Crippen LogP contribution in [-0.2, 0) is 10.0 Å². The SMILES string of the molecule is CC(C)(C)NC(=O)NS(=O)(=O)c1ccc(C(=O)O)cc1N. The van der Waals surface area contributed by atoms with Crippen LogP contribution in [0.4, 0.5) is 10.5 Å². The molecule has 0 radical (unpaired) electrons. The minimum atomic E-state index is -4.18. The average Bonchev–Trinajstić information content (AvgIpc) is 2.24. The van der Waals surface area contributed by atoms with Crippen molar-refractivity contribution < 1.29 is 23.1 Å². The maximum absolute atomic E-state index is 12.0. The molecule has 8 nitrogen and oxygen atoms in total. The first-order valence-electron chi connectivity index (χ1n) is 5.90. The molecule has 0 spiro atoms. The van der Waals surface area contributed by atoms with E-state index in [1.807, 2.05) is 4.72 Å². The Morgan fingerprint density at radius 3 is 2.24 bits per heavy atom. The highest BCUT2D eigenvalue weighted by Crippen LogP contribution is 2.19. The van der Waals surface area contributed by atoms with Crippen molar-refractivity contribution in [3.63, 3.8) is 0 Å². The smallest absolute Gasteiger partial charge is 0.335 e. The van der Waals surface area contributed by atoms with Gasteiger partial charge in [-0.1, -0.05) is 0 Å². The zero-order valence-corrected chi connectivity index (χ0v) is 12.6. The van der Waals surface area contributed by atoms with E-state index in [4.69, 9.17) is 10.8 Å². The zero-order valence-electron chi connectivity index (χ0n) is 11.8. The highest BCUT2D eigenvalue weighted by molar-refractivity contribution is 7.90. The summed E-state index contributed by atoms with van der Waals surface area (Å²) in [4.78, 5) is 22.0. The van der Waals surface area contributed by atoms with Gasteiger partial charge in [0, 0.05) is 5.54 Å². The predicted molar refractivity (Wildman–Crippen MR) is 76.4 cm³/mol. The Hall–Kier alpha value is -2.29. The summed E-state index contributed by atoms with van der Waals surface area (Å²) < 4.78 is 25.9. The Bertz CT molecular complexity index is 677.